The van der Waals surface area contributed by atoms with Crippen molar-refractivity contribution in [1.29, 1.82) is 0 Å². The third-order valence-corrected chi connectivity index (χ3v) is 1.77. The van der Waals surface area contributed by atoms with Gasteiger partial charge in [0, 0.05) is 4.90 Å². The number of rotatable bonds is 0. The summed E-state index contributed by atoms with van der Waals surface area (Å²) in [4.78, 5) is 1.04. The number of hydrogen-bond acceptors (Lipinski definition) is 1. The van der Waals surface area contributed by atoms with E-state index in [0.717, 1.165) is 4.90 Å². The molecule has 0 N–H and O–H groups in total. The quantitative estimate of drug-likeness (QED) is 0.377. The van der Waals surface area contributed by atoms with Crippen molar-refractivity contribution in [3.63, 3.8) is 0 Å². The van der Waals surface area contributed by atoms with Crippen molar-refractivity contribution in [2.45, 2.75) is 18.7 Å². The molecule has 0 bridgehead atoms. The van der Waals surface area contributed by atoms with Crippen LogP contribution in [0.15, 0.2) is 23.1 Å². The molecule has 0 aliphatic carbocycles. The fourth-order valence-corrected chi connectivity index (χ4v) is 0.994. The molecular formula is C8H11LiS. The molecule has 0 radical (unpaired) electrons. The van der Waals surface area contributed by atoms with E-state index in [4.69, 9.17) is 0 Å². The maximum absolute atomic E-state index is 4.20. The zero-order valence-corrected chi connectivity index (χ0v) is 7.57. The van der Waals surface area contributed by atoms with Crippen LogP contribution in [0.2, 0.25) is 0 Å². The van der Waals surface area contributed by atoms with Gasteiger partial charge in [0.25, 0.3) is 0 Å². The van der Waals surface area contributed by atoms with Crippen LogP contribution in [0.25, 0.3) is 0 Å². The van der Waals surface area contributed by atoms with Crippen LogP contribution >= 0.6 is 12.6 Å². The molecule has 0 spiro atoms. The van der Waals surface area contributed by atoms with E-state index in [-0.39, 0.29) is 20.3 Å². The molecule has 0 aromatic heterocycles. The smallest absolute Gasteiger partial charge is 1.00 e. The van der Waals surface area contributed by atoms with Crippen LogP contribution in [-0.2, 0) is 0 Å². The van der Waals surface area contributed by atoms with Crippen LogP contribution in [0, 0.1) is 13.8 Å². The van der Waals surface area contributed by atoms with Crippen molar-refractivity contribution < 1.29 is 20.3 Å². The SMILES string of the molecule is Cc1ccc(S)cc1C.[H-].[Li+]. The first kappa shape index (κ1) is 10.2. The van der Waals surface area contributed by atoms with Crippen LogP contribution in [0.1, 0.15) is 12.6 Å². The molecule has 10 heavy (non-hydrogen) atoms. The molecule has 50 valence electrons. The molecule has 1 aromatic carbocycles. The Morgan fingerprint density at radius 1 is 1.20 bits per heavy atom. The largest absolute Gasteiger partial charge is 1.00 e. The number of aryl methyl sites for hydroxylation is 2. The Labute approximate surface area is 81.1 Å². The van der Waals surface area contributed by atoms with E-state index in [1.54, 1.807) is 0 Å². The molecular weight excluding hydrogens is 135 g/mol. The van der Waals surface area contributed by atoms with Gasteiger partial charge in [-0.25, -0.2) is 0 Å². The summed E-state index contributed by atoms with van der Waals surface area (Å²) < 4.78 is 0. The molecule has 0 amide bonds. The molecule has 0 fully saturated rings. The van der Waals surface area contributed by atoms with E-state index in [2.05, 4.69) is 38.6 Å². The molecule has 0 unspecified atom stereocenters. The van der Waals surface area contributed by atoms with E-state index >= 15 is 0 Å². The standard InChI is InChI=1S/C8H10S.Li.H/c1-6-3-4-8(9)5-7(6)2;;/h3-5,9H,1-2H3;;/q;+1;-1. The van der Waals surface area contributed by atoms with Gasteiger partial charge in [0.1, 0.15) is 0 Å². The normalized spacial score (nSPS) is 8.70. The second kappa shape index (κ2) is 4.13. The van der Waals surface area contributed by atoms with Crippen LogP contribution in [0.5, 0.6) is 0 Å². The van der Waals surface area contributed by atoms with Gasteiger partial charge < -0.3 is 1.43 Å². The Bertz CT molecular complexity index is 225. The summed E-state index contributed by atoms with van der Waals surface area (Å²) in [6.45, 7) is 4.19. The van der Waals surface area contributed by atoms with Gasteiger partial charge in [0.2, 0.25) is 0 Å². The van der Waals surface area contributed by atoms with Crippen molar-refractivity contribution in [2.75, 3.05) is 0 Å². The first-order chi connectivity index (χ1) is 4.20. The average Bonchev–Trinajstić information content (AvgIpc) is 1.80. The minimum absolute atomic E-state index is 0. The Balaban J connectivity index is 0. The average molecular weight is 146 g/mol. The Kier molecular flexibility index (Phi) is 4.20. The first-order valence-electron chi connectivity index (χ1n) is 2.96. The maximum Gasteiger partial charge on any atom is 1.00 e. The van der Waals surface area contributed by atoms with Crippen molar-refractivity contribution in [1.82, 2.24) is 0 Å². The molecule has 0 aliphatic rings. The van der Waals surface area contributed by atoms with E-state index in [9.17, 15) is 0 Å². The van der Waals surface area contributed by atoms with Crippen molar-refractivity contribution >= 4 is 12.6 Å². The third kappa shape index (κ3) is 2.42. The Hall–Kier alpha value is 0.167. The van der Waals surface area contributed by atoms with Crippen LogP contribution < -0.4 is 18.9 Å². The second-order valence-corrected chi connectivity index (χ2v) is 2.78. The molecule has 0 nitrogen and oxygen atoms in total. The molecule has 0 saturated heterocycles. The maximum atomic E-state index is 4.20. The van der Waals surface area contributed by atoms with Crippen molar-refractivity contribution in [2.24, 2.45) is 0 Å². The van der Waals surface area contributed by atoms with Gasteiger partial charge in [-0.2, -0.15) is 0 Å². The van der Waals surface area contributed by atoms with E-state index < -0.39 is 0 Å². The number of benzene rings is 1. The fourth-order valence-electron chi connectivity index (χ4n) is 0.726. The predicted octanol–water partition coefficient (Wildman–Crippen LogP) is -0.291. The molecule has 0 heterocycles. The summed E-state index contributed by atoms with van der Waals surface area (Å²) in [5, 5.41) is 0. The number of hydrogen-bond donors (Lipinski definition) is 1. The summed E-state index contributed by atoms with van der Waals surface area (Å²) in [6, 6.07) is 6.15. The van der Waals surface area contributed by atoms with Gasteiger partial charge >= 0.3 is 18.9 Å². The predicted molar refractivity (Wildman–Crippen MR) is 44.3 cm³/mol. The minimum Gasteiger partial charge on any atom is -1.00 e. The Morgan fingerprint density at radius 3 is 2.20 bits per heavy atom. The zero-order valence-electron chi connectivity index (χ0n) is 7.68. The third-order valence-electron chi connectivity index (χ3n) is 1.49. The summed E-state index contributed by atoms with van der Waals surface area (Å²) >= 11 is 4.20. The fraction of sp³-hybridized carbons (Fsp3) is 0.250. The molecule has 0 aliphatic heterocycles. The molecule has 0 saturated carbocycles. The van der Waals surface area contributed by atoms with Crippen molar-refractivity contribution in [3.8, 4) is 0 Å². The van der Waals surface area contributed by atoms with E-state index in [1.165, 1.54) is 11.1 Å². The Morgan fingerprint density at radius 2 is 1.80 bits per heavy atom. The van der Waals surface area contributed by atoms with Crippen LogP contribution in [0.4, 0.5) is 0 Å². The summed E-state index contributed by atoms with van der Waals surface area (Å²) in [7, 11) is 0. The van der Waals surface area contributed by atoms with Crippen LogP contribution in [0.3, 0.4) is 0 Å². The van der Waals surface area contributed by atoms with Crippen LogP contribution in [-0.4, -0.2) is 0 Å². The van der Waals surface area contributed by atoms with Gasteiger partial charge in [-0.15, -0.1) is 12.6 Å². The van der Waals surface area contributed by atoms with E-state index in [0.29, 0.717) is 0 Å². The zero-order chi connectivity index (χ0) is 6.85. The van der Waals surface area contributed by atoms with Gasteiger partial charge in [-0.1, -0.05) is 6.07 Å². The first-order valence-corrected chi connectivity index (χ1v) is 3.41. The van der Waals surface area contributed by atoms with Gasteiger partial charge in [0.05, 0.1) is 0 Å². The second-order valence-electron chi connectivity index (χ2n) is 2.27. The topological polar surface area (TPSA) is 0 Å². The van der Waals surface area contributed by atoms with Gasteiger partial charge in [-0.05, 0) is 37.1 Å². The van der Waals surface area contributed by atoms with Gasteiger partial charge in [0.15, 0.2) is 0 Å². The summed E-state index contributed by atoms with van der Waals surface area (Å²) in [5.41, 5.74) is 2.63. The van der Waals surface area contributed by atoms with Crippen molar-refractivity contribution in [3.05, 3.63) is 29.3 Å². The molecule has 1 aromatic rings. The molecule has 1 rings (SSSR count). The molecule has 0 atom stereocenters. The summed E-state index contributed by atoms with van der Waals surface area (Å²) in [5.74, 6) is 0. The monoisotopic (exact) mass is 146 g/mol. The summed E-state index contributed by atoms with van der Waals surface area (Å²) in [6.07, 6.45) is 0. The molecule has 2 heteroatoms. The van der Waals surface area contributed by atoms with Gasteiger partial charge in [-0.3, -0.25) is 0 Å². The number of thiol groups is 1. The minimum atomic E-state index is 0. The van der Waals surface area contributed by atoms with E-state index in [1.807, 2.05) is 6.07 Å².